The lowest BCUT2D eigenvalue weighted by Gasteiger charge is -2.11. The summed E-state index contributed by atoms with van der Waals surface area (Å²) in [5.74, 6) is 0.715. The van der Waals surface area contributed by atoms with E-state index in [4.69, 9.17) is 16.3 Å². The van der Waals surface area contributed by atoms with Gasteiger partial charge in [-0.1, -0.05) is 31.5 Å². The first-order chi connectivity index (χ1) is 13.2. The van der Waals surface area contributed by atoms with Crippen molar-refractivity contribution >= 4 is 33.2 Å². The van der Waals surface area contributed by atoms with Crippen LogP contribution >= 0.6 is 11.6 Å². The monoisotopic (exact) mass is 424 g/mol. The molecule has 0 fully saturated rings. The number of carbonyl (C=O) groups excluding carboxylic acids is 1. The van der Waals surface area contributed by atoms with Crippen molar-refractivity contribution < 1.29 is 17.9 Å². The van der Waals surface area contributed by atoms with E-state index in [1.165, 1.54) is 24.3 Å². The summed E-state index contributed by atoms with van der Waals surface area (Å²) in [5, 5.41) is 3.26. The lowest BCUT2D eigenvalue weighted by atomic mass is 10.1. The Labute approximate surface area is 171 Å². The molecule has 0 aliphatic heterocycles. The van der Waals surface area contributed by atoms with Gasteiger partial charge in [0.15, 0.2) is 6.61 Å². The molecule has 0 saturated carbocycles. The van der Waals surface area contributed by atoms with Crippen LogP contribution in [0.25, 0.3) is 0 Å². The SMILES string of the molecule is Cc1ccc(NS(=O)(=O)c2ccc(OCC(=O)NCCC(C)C)cc2)cc1Cl. The number of benzene rings is 2. The number of sulfonamides is 1. The maximum Gasteiger partial charge on any atom is 0.261 e. The largest absolute Gasteiger partial charge is 0.484 e. The fourth-order valence-electron chi connectivity index (χ4n) is 2.29. The van der Waals surface area contributed by atoms with Crippen LogP contribution in [0.2, 0.25) is 5.02 Å². The molecule has 2 rings (SSSR count). The van der Waals surface area contributed by atoms with Crippen molar-refractivity contribution in [1.82, 2.24) is 5.32 Å². The lowest BCUT2D eigenvalue weighted by molar-refractivity contribution is -0.123. The summed E-state index contributed by atoms with van der Waals surface area (Å²) in [4.78, 5) is 11.8. The molecule has 0 atom stereocenters. The van der Waals surface area contributed by atoms with E-state index < -0.39 is 10.0 Å². The highest BCUT2D eigenvalue weighted by atomic mass is 35.5. The van der Waals surface area contributed by atoms with Crippen LogP contribution in [0.5, 0.6) is 5.75 Å². The minimum absolute atomic E-state index is 0.0814. The number of rotatable bonds is 9. The van der Waals surface area contributed by atoms with Crippen LogP contribution in [0, 0.1) is 12.8 Å². The normalized spacial score (nSPS) is 11.3. The second-order valence-corrected chi connectivity index (χ2v) is 8.95. The molecule has 0 heterocycles. The maximum atomic E-state index is 12.5. The number of anilines is 1. The van der Waals surface area contributed by atoms with Crippen LogP contribution in [0.15, 0.2) is 47.4 Å². The first-order valence-corrected chi connectivity index (χ1v) is 10.8. The van der Waals surface area contributed by atoms with E-state index in [1.54, 1.807) is 18.2 Å². The molecule has 2 N–H and O–H groups in total. The Balaban J connectivity index is 1.93. The Morgan fingerprint density at radius 2 is 1.82 bits per heavy atom. The van der Waals surface area contributed by atoms with Crippen LogP contribution in [0.1, 0.15) is 25.8 Å². The fourth-order valence-corrected chi connectivity index (χ4v) is 3.52. The topological polar surface area (TPSA) is 84.5 Å². The maximum absolute atomic E-state index is 12.5. The molecule has 152 valence electrons. The van der Waals surface area contributed by atoms with E-state index >= 15 is 0 Å². The second-order valence-electron chi connectivity index (χ2n) is 6.86. The van der Waals surface area contributed by atoms with Crippen LogP contribution in [-0.4, -0.2) is 27.5 Å². The van der Waals surface area contributed by atoms with Crippen LogP contribution < -0.4 is 14.8 Å². The van der Waals surface area contributed by atoms with Crippen molar-refractivity contribution in [3.05, 3.63) is 53.1 Å². The van der Waals surface area contributed by atoms with Crippen molar-refractivity contribution in [2.24, 2.45) is 5.92 Å². The molecule has 0 saturated heterocycles. The van der Waals surface area contributed by atoms with Gasteiger partial charge in [0.05, 0.1) is 10.6 Å². The smallest absolute Gasteiger partial charge is 0.261 e. The van der Waals surface area contributed by atoms with Crippen molar-refractivity contribution in [1.29, 1.82) is 0 Å². The summed E-state index contributed by atoms with van der Waals surface area (Å²) in [6.07, 6.45) is 0.900. The Morgan fingerprint density at radius 1 is 1.14 bits per heavy atom. The van der Waals surface area contributed by atoms with E-state index in [2.05, 4.69) is 23.9 Å². The quantitative estimate of drug-likeness (QED) is 0.637. The molecule has 0 bridgehead atoms. The number of hydrogen-bond donors (Lipinski definition) is 2. The number of carbonyl (C=O) groups is 1. The molecule has 1 amide bonds. The zero-order chi connectivity index (χ0) is 20.7. The summed E-state index contributed by atoms with van der Waals surface area (Å²) < 4.78 is 32.9. The van der Waals surface area contributed by atoms with E-state index in [-0.39, 0.29) is 17.4 Å². The predicted octanol–water partition coefficient (Wildman–Crippen LogP) is 3.99. The standard InChI is InChI=1S/C20H25ClN2O4S/c1-14(2)10-11-22-20(24)13-27-17-6-8-18(9-7-17)28(25,26)23-16-5-4-15(3)19(21)12-16/h4-9,12,14,23H,10-11,13H2,1-3H3,(H,22,24). The number of halogens is 1. The number of nitrogens with one attached hydrogen (secondary N) is 2. The highest BCUT2D eigenvalue weighted by Crippen LogP contribution is 2.23. The highest BCUT2D eigenvalue weighted by Gasteiger charge is 2.15. The van der Waals surface area contributed by atoms with Crippen LogP contribution in [0.3, 0.4) is 0 Å². The predicted molar refractivity (Wildman–Crippen MR) is 111 cm³/mol. The van der Waals surface area contributed by atoms with Gasteiger partial charge < -0.3 is 10.1 Å². The van der Waals surface area contributed by atoms with Gasteiger partial charge in [-0.2, -0.15) is 0 Å². The van der Waals surface area contributed by atoms with Gasteiger partial charge in [-0.05, 0) is 61.2 Å². The molecule has 28 heavy (non-hydrogen) atoms. The van der Waals surface area contributed by atoms with E-state index in [9.17, 15) is 13.2 Å². The summed E-state index contributed by atoms with van der Waals surface area (Å²) >= 11 is 6.03. The van der Waals surface area contributed by atoms with Gasteiger partial charge in [0.2, 0.25) is 0 Å². The summed E-state index contributed by atoms with van der Waals surface area (Å²) in [6, 6.07) is 10.8. The summed E-state index contributed by atoms with van der Waals surface area (Å²) in [7, 11) is -3.75. The number of hydrogen-bond acceptors (Lipinski definition) is 4. The molecule has 0 unspecified atom stereocenters. The van der Waals surface area contributed by atoms with Crippen molar-refractivity contribution in [3.8, 4) is 5.75 Å². The third kappa shape index (κ3) is 6.73. The van der Waals surface area contributed by atoms with Crippen molar-refractivity contribution in [2.45, 2.75) is 32.1 Å². The molecular formula is C20H25ClN2O4S. The number of aryl methyl sites for hydroxylation is 1. The zero-order valence-electron chi connectivity index (χ0n) is 16.2. The molecule has 2 aromatic carbocycles. The van der Waals surface area contributed by atoms with Gasteiger partial charge in [0.25, 0.3) is 15.9 Å². The average Bonchev–Trinajstić information content (AvgIpc) is 2.63. The Morgan fingerprint density at radius 3 is 2.43 bits per heavy atom. The van der Waals surface area contributed by atoms with Gasteiger partial charge in [-0.3, -0.25) is 9.52 Å². The molecule has 0 radical (unpaired) electrons. The first kappa shape index (κ1) is 22.0. The van der Waals surface area contributed by atoms with Crippen LogP contribution in [-0.2, 0) is 14.8 Å². The van der Waals surface area contributed by atoms with Gasteiger partial charge in [0, 0.05) is 11.6 Å². The third-order valence-corrected chi connectivity index (χ3v) is 5.78. The Bertz CT molecular complexity index is 912. The number of amides is 1. The van der Waals surface area contributed by atoms with Gasteiger partial charge in [-0.15, -0.1) is 0 Å². The molecule has 0 aliphatic rings. The minimum Gasteiger partial charge on any atom is -0.484 e. The average molecular weight is 425 g/mol. The highest BCUT2D eigenvalue weighted by molar-refractivity contribution is 7.92. The Kier molecular flexibility index (Phi) is 7.71. The minimum atomic E-state index is -3.75. The van der Waals surface area contributed by atoms with E-state index in [0.29, 0.717) is 28.9 Å². The molecule has 6 nitrogen and oxygen atoms in total. The Hall–Kier alpha value is -2.25. The molecule has 8 heteroatoms. The first-order valence-electron chi connectivity index (χ1n) is 8.96. The number of ether oxygens (including phenoxy) is 1. The van der Waals surface area contributed by atoms with E-state index in [1.807, 2.05) is 6.92 Å². The lowest BCUT2D eigenvalue weighted by Crippen LogP contribution is -2.30. The summed E-state index contributed by atoms with van der Waals surface area (Å²) in [6.45, 7) is 6.49. The van der Waals surface area contributed by atoms with Crippen molar-refractivity contribution in [2.75, 3.05) is 17.9 Å². The summed E-state index contributed by atoms with van der Waals surface area (Å²) in [5.41, 5.74) is 1.24. The van der Waals surface area contributed by atoms with Crippen molar-refractivity contribution in [3.63, 3.8) is 0 Å². The van der Waals surface area contributed by atoms with E-state index in [0.717, 1.165) is 12.0 Å². The molecule has 2 aromatic rings. The van der Waals surface area contributed by atoms with Gasteiger partial charge >= 0.3 is 0 Å². The molecule has 0 aromatic heterocycles. The van der Waals surface area contributed by atoms with Gasteiger partial charge in [0.1, 0.15) is 5.75 Å². The third-order valence-electron chi connectivity index (χ3n) is 3.97. The van der Waals surface area contributed by atoms with Gasteiger partial charge in [-0.25, -0.2) is 8.42 Å². The molecule has 0 spiro atoms. The zero-order valence-corrected chi connectivity index (χ0v) is 17.7. The molecule has 0 aliphatic carbocycles. The second kappa shape index (κ2) is 9.80. The van der Waals surface area contributed by atoms with Crippen LogP contribution in [0.4, 0.5) is 5.69 Å². The fraction of sp³-hybridized carbons (Fsp3) is 0.350. The molecular weight excluding hydrogens is 400 g/mol.